The van der Waals surface area contributed by atoms with Gasteiger partial charge in [0.15, 0.2) is 5.65 Å². The third kappa shape index (κ3) is 5.06. The minimum absolute atomic E-state index is 0. The van der Waals surface area contributed by atoms with Crippen molar-refractivity contribution in [1.82, 2.24) is 25.4 Å². The van der Waals surface area contributed by atoms with E-state index >= 15 is 0 Å². The number of aromatic nitrogens is 3. The molecule has 0 radical (unpaired) electrons. The van der Waals surface area contributed by atoms with Crippen LogP contribution in [-0.2, 0) is 0 Å². The van der Waals surface area contributed by atoms with E-state index in [1.54, 1.807) is 6.20 Å². The van der Waals surface area contributed by atoms with Crippen LogP contribution in [0.4, 0.5) is 0 Å². The van der Waals surface area contributed by atoms with Gasteiger partial charge in [0, 0.05) is 18.0 Å². The maximum atomic E-state index is 12.2. The smallest absolute Gasteiger partial charge is 0.253 e. The summed E-state index contributed by atoms with van der Waals surface area (Å²) in [5, 5.41) is 11.2. The quantitative estimate of drug-likeness (QED) is 0.775. The summed E-state index contributed by atoms with van der Waals surface area (Å²) in [6.07, 6.45) is 2.67. The number of fused-ring (bicyclic) bond motifs is 1. The average molecular weight is 362 g/mol. The van der Waals surface area contributed by atoms with E-state index in [0.717, 1.165) is 29.7 Å². The maximum Gasteiger partial charge on any atom is 0.253 e. The Labute approximate surface area is 149 Å². The zero-order valence-corrected chi connectivity index (χ0v) is 15.6. The first-order chi connectivity index (χ1) is 10.0. The monoisotopic (exact) mass is 361 g/mol. The minimum atomic E-state index is -0.0738. The molecule has 0 saturated heterocycles. The van der Waals surface area contributed by atoms with E-state index in [0.29, 0.717) is 12.1 Å². The summed E-state index contributed by atoms with van der Waals surface area (Å²) >= 11 is 0. The lowest BCUT2D eigenvalue weighted by Gasteiger charge is -2.09. The Kier molecular flexibility index (Phi) is 9.12. The number of hydrogen-bond acceptors (Lipinski definition) is 4. The van der Waals surface area contributed by atoms with E-state index in [4.69, 9.17) is 0 Å². The predicted molar refractivity (Wildman–Crippen MR) is 98.0 cm³/mol. The van der Waals surface area contributed by atoms with Crippen LogP contribution in [0.15, 0.2) is 12.3 Å². The average Bonchev–Trinajstić information content (AvgIpc) is 2.85. The van der Waals surface area contributed by atoms with Gasteiger partial charge >= 0.3 is 0 Å². The Balaban J connectivity index is 0.00000242. The Morgan fingerprint density at radius 1 is 1.30 bits per heavy atom. The van der Waals surface area contributed by atoms with Gasteiger partial charge in [-0.3, -0.25) is 4.79 Å². The van der Waals surface area contributed by atoms with Crippen LogP contribution < -0.4 is 10.6 Å². The molecule has 0 saturated carbocycles. The maximum absolute atomic E-state index is 12.2. The second kappa shape index (κ2) is 9.70. The van der Waals surface area contributed by atoms with E-state index in [9.17, 15) is 4.79 Å². The van der Waals surface area contributed by atoms with Gasteiger partial charge in [0.25, 0.3) is 5.91 Å². The summed E-state index contributed by atoms with van der Waals surface area (Å²) in [5.41, 5.74) is 2.18. The highest BCUT2D eigenvalue weighted by Crippen LogP contribution is 2.19. The summed E-state index contributed by atoms with van der Waals surface area (Å²) in [4.78, 5) is 16.8. The first-order valence-corrected chi connectivity index (χ1v) is 7.32. The number of amides is 1. The predicted octanol–water partition coefficient (Wildman–Crippen LogP) is 2.50. The first-order valence-electron chi connectivity index (χ1n) is 7.32. The van der Waals surface area contributed by atoms with Gasteiger partial charge in [-0.05, 0) is 46.9 Å². The highest BCUT2D eigenvalue weighted by Gasteiger charge is 2.14. The van der Waals surface area contributed by atoms with Crippen molar-refractivity contribution in [2.45, 2.75) is 33.2 Å². The number of hydrogen-bond donors (Lipinski definition) is 2. The molecule has 2 aromatic heterocycles. The number of rotatable bonds is 6. The van der Waals surface area contributed by atoms with Gasteiger partial charge in [-0.25, -0.2) is 9.67 Å². The summed E-state index contributed by atoms with van der Waals surface area (Å²) < 4.78 is 1.87. The fraction of sp³-hybridized carbons (Fsp3) is 0.533. The van der Waals surface area contributed by atoms with E-state index in [1.165, 1.54) is 0 Å². The van der Waals surface area contributed by atoms with Crippen molar-refractivity contribution < 1.29 is 4.79 Å². The molecule has 0 aliphatic heterocycles. The third-order valence-corrected chi connectivity index (χ3v) is 3.38. The lowest BCUT2D eigenvalue weighted by Crippen LogP contribution is -2.27. The van der Waals surface area contributed by atoms with Crippen molar-refractivity contribution >= 4 is 41.8 Å². The van der Waals surface area contributed by atoms with Gasteiger partial charge < -0.3 is 10.6 Å². The molecule has 0 unspecified atom stereocenters. The zero-order valence-electron chi connectivity index (χ0n) is 13.9. The molecule has 0 aromatic carbocycles. The number of halogens is 2. The van der Waals surface area contributed by atoms with Crippen LogP contribution in [0.1, 0.15) is 42.4 Å². The Morgan fingerprint density at radius 2 is 2.00 bits per heavy atom. The first kappa shape index (κ1) is 21.6. The second-order valence-corrected chi connectivity index (χ2v) is 5.43. The van der Waals surface area contributed by atoms with Crippen LogP contribution >= 0.6 is 24.8 Å². The molecule has 2 heterocycles. The van der Waals surface area contributed by atoms with Crippen LogP contribution in [0, 0.1) is 6.92 Å². The topological polar surface area (TPSA) is 71.8 Å². The van der Waals surface area contributed by atoms with Gasteiger partial charge in [0.1, 0.15) is 0 Å². The molecule has 6 nitrogen and oxygen atoms in total. The van der Waals surface area contributed by atoms with Crippen molar-refractivity contribution in [3.63, 3.8) is 0 Å². The molecule has 2 N–H and O–H groups in total. The number of carbonyl (C=O) groups is 1. The van der Waals surface area contributed by atoms with Crippen molar-refractivity contribution in [3.8, 4) is 0 Å². The Hall–Kier alpha value is -1.37. The molecular weight excluding hydrogens is 337 g/mol. The molecule has 8 heteroatoms. The highest BCUT2D eigenvalue weighted by molar-refractivity contribution is 5.98. The summed E-state index contributed by atoms with van der Waals surface area (Å²) in [6.45, 7) is 7.53. The third-order valence-electron chi connectivity index (χ3n) is 3.38. The van der Waals surface area contributed by atoms with Gasteiger partial charge in [-0.1, -0.05) is 0 Å². The SMILES string of the molecule is CNCCCNC(=O)c1cc2cnn(C(C)C)c2nc1C.Cl.Cl. The van der Waals surface area contributed by atoms with Gasteiger partial charge in [0.2, 0.25) is 0 Å². The molecule has 0 aliphatic rings. The second-order valence-electron chi connectivity index (χ2n) is 5.43. The van der Waals surface area contributed by atoms with Gasteiger partial charge in [-0.2, -0.15) is 5.10 Å². The number of nitrogens with one attached hydrogen (secondary N) is 2. The molecule has 2 aromatic rings. The van der Waals surface area contributed by atoms with Crippen LogP contribution in [0.5, 0.6) is 0 Å². The molecule has 0 fully saturated rings. The fourth-order valence-corrected chi connectivity index (χ4v) is 2.24. The molecule has 23 heavy (non-hydrogen) atoms. The molecule has 130 valence electrons. The van der Waals surface area contributed by atoms with Crippen LogP contribution in [0.3, 0.4) is 0 Å². The van der Waals surface area contributed by atoms with E-state index in [-0.39, 0.29) is 36.8 Å². The standard InChI is InChI=1S/C15H23N5O.2ClH/c1-10(2)20-14-12(9-18-20)8-13(11(3)19-14)15(21)17-7-5-6-16-4;;/h8-10,16H,5-7H2,1-4H3,(H,17,21);2*1H. The number of pyridine rings is 1. The van der Waals surface area contributed by atoms with E-state index in [1.807, 2.05) is 24.7 Å². The summed E-state index contributed by atoms with van der Waals surface area (Å²) in [6, 6.07) is 2.12. The molecule has 2 rings (SSSR count). The van der Waals surface area contributed by atoms with E-state index in [2.05, 4.69) is 34.6 Å². The van der Waals surface area contributed by atoms with Crippen molar-refractivity contribution in [2.75, 3.05) is 20.1 Å². The Bertz CT molecular complexity index is 642. The lowest BCUT2D eigenvalue weighted by molar-refractivity contribution is 0.0952. The fourth-order valence-electron chi connectivity index (χ4n) is 2.24. The molecular formula is C15H25Cl2N5O. The zero-order chi connectivity index (χ0) is 15.4. The van der Waals surface area contributed by atoms with Gasteiger partial charge in [-0.15, -0.1) is 24.8 Å². The molecule has 1 amide bonds. The van der Waals surface area contributed by atoms with Crippen molar-refractivity contribution in [3.05, 3.63) is 23.5 Å². The highest BCUT2D eigenvalue weighted by atomic mass is 35.5. The van der Waals surface area contributed by atoms with E-state index < -0.39 is 0 Å². The van der Waals surface area contributed by atoms with Crippen LogP contribution in [-0.4, -0.2) is 40.8 Å². The largest absolute Gasteiger partial charge is 0.352 e. The van der Waals surface area contributed by atoms with Crippen LogP contribution in [0.2, 0.25) is 0 Å². The Morgan fingerprint density at radius 3 is 2.61 bits per heavy atom. The number of aryl methyl sites for hydroxylation is 1. The molecule has 0 bridgehead atoms. The number of carbonyl (C=O) groups excluding carboxylic acids is 1. The lowest BCUT2D eigenvalue weighted by atomic mass is 10.1. The van der Waals surface area contributed by atoms with Gasteiger partial charge in [0.05, 0.1) is 17.5 Å². The summed E-state index contributed by atoms with van der Waals surface area (Å²) in [5.74, 6) is -0.0738. The minimum Gasteiger partial charge on any atom is -0.352 e. The van der Waals surface area contributed by atoms with Crippen molar-refractivity contribution in [1.29, 1.82) is 0 Å². The molecule has 0 aliphatic carbocycles. The summed E-state index contributed by atoms with van der Waals surface area (Å²) in [7, 11) is 1.90. The van der Waals surface area contributed by atoms with Crippen LogP contribution in [0.25, 0.3) is 11.0 Å². The van der Waals surface area contributed by atoms with Crippen molar-refractivity contribution in [2.24, 2.45) is 0 Å². The normalized spacial score (nSPS) is 10.3. The molecule has 0 spiro atoms. The molecule has 0 atom stereocenters. The number of nitrogens with zero attached hydrogens (tertiary/aromatic N) is 3.